The van der Waals surface area contributed by atoms with Crippen molar-refractivity contribution < 1.29 is 14.3 Å². The molecule has 0 saturated heterocycles. The summed E-state index contributed by atoms with van der Waals surface area (Å²) in [6, 6.07) is 6.94. The molecule has 1 aromatic carbocycles. The number of carbonyl (C=O) groups is 2. The lowest BCUT2D eigenvalue weighted by molar-refractivity contribution is -0.132. The molecule has 1 heterocycles. The molecule has 0 atom stereocenters. The number of ether oxygens (including phenoxy) is 1. The highest BCUT2D eigenvalue weighted by Gasteiger charge is 2.12. The van der Waals surface area contributed by atoms with Crippen LogP contribution < -0.4 is 15.8 Å². The number of aromatic nitrogens is 1. The Balaban J connectivity index is 1.95. The lowest BCUT2D eigenvalue weighted by Crippen LogP contribution is -2.34. The first-order valence-corrected chi connectivity index (χ1v) is 9.41. The molecule has 140 valence electrons. The predicted molar refractivity (Wildman–Crippen MR) is 103 cm³/mol. The maximum atomic E-state index is 12.3. The van der Waals surface area contributed by atoms with E-state index in [-0.39, 0.29) is 18.4 Å². The van der Waals surface area contributed by atoms with Gasteiger partial charge in [-0.25, -0.2) is 4.98 Å². The summed E-state index contributed by atoms with van der Waals surface area (Å²) in [4.78, 5) is 30.2. The zero-order valence-corrected chi connectivity index (χ0v) is 15.8. The van der Waals surface area contributed by atoms with Crippen LogP contribution in [-0.2, 0) is 11.2 Å². The fourth-order valence-corrected chi connectivity index (χ4v) is 3.12. The van der Waals surface area contributed by atoms with Crippen LogP contribution in [0.25, 0.3) is 0 Å². The van der Waals surface area contributed by atoms with Gasteiger partial charge in [0.15, 0.2) is 6.61 Å². The Labute approximate surface area is 157 Å². The number of rotatable bonds is 9. The number of benzene rings is 1. The van der Waals surface area contributed by atoms with Gasteiger partial charge in [-0.05, 0) is 32.5 Å². The summed E-state index contributed by atoms with van der Waals surface area (Å²) in [5.41, 5.74) is 6.44. The standard InChI is InChI=1S/C18H24N4O3S/c1-3-22(4-2)17(23)11-25-14-7-5-6-13(10-14)20-18(24)15-12-26-16(21-15)8-9-19/h5-7,10,12H,3-4,8-9,11,19H2,1-2H3,(H,20,24). The summed E-state index contributed by atoms with van der Waals surface area (Å²) >= 11 is 1.42. The van der Waals surface area contributed by atoms with Gasteiger partial charge in [0.05, 0.1) is 5.01 Å². The third-order valence-corrected chi connectivity index (χ3v) is 4.62. The molecule has 7 nitrogen and oxygen atoms in total. The molecule has 8 heteroatoms. The van der Waals surface area contributed by atoms with Crippen molar-refractivity contribution >= 4 is 28.8 Å². The molecule has 0 saturated carbocycles. The number of amides is 2. The van der Waals surface area contributed by atoms with Crippen molar-refractivity contribution in [3.63, 3.8) is 0 Å². The molecule has 0 aliphatic rings. The Bertz CT molecular complexity index is 744. The summed E-state index contributed by atoms with van der Waals surface area (Å²) in [7, 11) is 0. The molecular formula is C18H24N4O3S. The predicted octanol–water partition coefficient (Wildman–Crippen LogP) is 2.14. The van der Waals surface area contributed by atoms with Crippen LogP contribution in [0, 0.1) is 0 Å². The van der Waals surface area contributed by atoms with Gasteiger partial charge in [0.25, 0.3) is 11.8 Å². The van der Waals surface area contributed by atoms with E-state index in [1.54, 1.807) is 34.5 Å². The zero-order valence-electron chi connectivity index (χ0n) is 15.0. The first kappa shape index (κ1) is 19.9. The van der Waals surface area contributed by atoms with Gasteiger partial charge in [-0.15, -0.1) is 11.3 Å². The number of hydrogen-bond acceptors (Lipinski definition) is 6. The van der Waals surface area contributed by atoms with Crippen molar-refractivity contribution in [1.29, 1.82) is 0 Å². The van der Waals surface area contributed by atoms with Crippen LogP contribution in [-0.4, -0.2) is 47.9 Å². The van der Waals surface area contributed by atoms with Gasteiger partial charge in [-0.3, -0.25) is 9.59 Å². The molecule has 1 aromatic heterocycles. The molecule has 3 N–H and O–H groups in total. The van der Waals surface area contributed by atoms with Crippen LogP contribution in [0.5, 0.6) is 5.75 Å². The molecule has 26 heavy (non-hydrogen) atoms. The van der Waals surface area contributed by atoms with Crippen molar-refractivity contribution in [2.45, 2.75) is 20.3 Å². The second kappa shape index (κ2) is 9.88. The minimum atomic E-state index is -0.291. The number of nitrogens with one attached hydrogen (secondary N) is 1. The fraction of sp³-hybridized carbons (Fsp3) is 0.389. The molecule has 0 unspecified atom stereocenters. The molecule has 0 fully saturated rings. The number of anilines is 1. The highest BCUT2D eigenvalue weighted by atomic mass is 32.1. The summed E-state index contributed by atoms with van der Waals surface area (Å²) in [5.74, 6) is 0.158. The quantitative estimate of drug-likeness (QED) is 0.699. The van der Waals surface area contributed by atoms with E-state index in [0.717, 1.165) is 5.01 Å². The van der Waals surface area contributed by atoms with E-state index >= 15 is 0 Å². The first-order chi connectivity index (χ1) is 12.6. The van der Waals surface area contributed by atoms with E-state index in [9.17, 15) is 9.59 Å². The van der Waals surface area contributed by atoms with Gasteiger partial charge in [-0.1, -0.05) is 6.07 Å². The van der Waals surface area contributed by atoms with Gasteiger partial charge >= 0.3 is 0 Å². The van der Waals surface area contributed by atoms with E-state index in [0.29, 0.717) is 43.2 Å². The minimum absolute atomic E-state index is 0.0341. The SMILES string of the molecule is CCN(CC)C(=O)COc1cccc(NC(=O)c2csc(CCN)n2)c1. The number of nitrogens with zero attached hydrogens (tertiary/aromatic N) is 2. The Kier molecular flexibility index (Phi) is 7.55. The Morgan fingerprint density at radius 1 is 1.31 bits per heavy atom. The van der Waals surface area contributed by atoms with Crippen LogP contribution >= 0.6 is 11.3 Å². The second-order valence-electron chi connectivity index (χ2n) is 5.50. The summed E-state index contributed by atoms with van der Waals surface area (Å²) < 4.78 is 5.55. The van der Waals surface area contributed by atoms with Crippen LogP contribution in [0.2, 0.25) is 0 Å². The van der Waals surface area contributed by atoms with Gasteiger partial charge in [0.1, 0.15) is 11.4 Å². The van der Waals surface area contributed by atoms with Crippen LogP contribution in [0.4, 0.5) is 5.69 Å². The lowest BCUT2D eigenvalue weighted by atomic mass is 10.3. The van der Waals surface area contributed by atoms with Gasteiger partial charge in [0, 0.05) is 36.6 Å². The van der Waals surface area contributed by atoms with Gasteiger partial charge in [-0.2, -0.15) is 0 Å². The first-order valence-electron chi connectivity index (χ1n) is 8.53. The van der Waals surface area contributed by atoms with Crippen molar-refractivity contribution in [2.24, 2.45) is 5.73 Å². The molecule has 0 bridgehead atoms. The number of nitrogens with two attached hydrogens (primary N) is 1. The van der Waals surface area contributed by atoms with E-state index in [2.05, 4.69) is 10.3 Å². The Morgan fingerprint density at radius 3 is 2.77 bits per heavy atom. The fourth-order valence-electron chi connectivity index (χ4n) is 2.32. The Hall–Kier alpha value is -2.45. The molecule has 2 aromatic rings. The highest BCUT2D eigenvalue weighted by Crippen LogP contribution is 2.19. The maximum Gasteiger partial charge on any atom is 0.275 e. The summed E-state index contributed by atoms with van der Waals surface area (Å²) in [6.45, 7) is 5.61. The number of thiazole rings is 1. The summed E-state index contributed by atoms with van der Waals surface area (Å²) in [5, 5.41) is 5.33. The van der Waals surface area contributed by atoms with E-state index in [1.807, 2.05) is 13.8 Å². The van der Waals surface area contributed by atoms with Crippen LogP contribution in [0.3, 0.4) is 0 Å². The normalized spacial score (nSPS) is 10.4. The smallest absolute Gasteiger partial charge is 0.275 e. The molecular weight excluding hydrogens is 352 g/mol. The Morgan fingerprint density at radius 2 is 2.08 bits per heavy atom. The lowest BCUT2D eigenvalue weighted by Gasteiger charge is -2.18. The zero-order chi connectivity index (χ0) is 18.9. The van der Waals surface area contributed by atoms with Gasteiger partial charge < -0.3 is 20.7 Å². The minimum Gasteiger partial charge on any atom is -0.484 e. The van der Waals surface area contributed by atoms with Gasteiger partial charge in [0.2, 0.25) is 0 Å². The average Bonchev–Trinajstić information content (AvgIpc) is 3.10. The monoisotopic (exact) mass is 376 g/mol. The van der Waals surface area contributed by atoms with Crippen LogP contribution in [0.15, 0.2) is 29.6 Å². The number of carbonyl (C=O) groups excluding carboxylic acids is 2. The van der Waals surface area contributed by atoms with E-state index < -0.39 is 0 Å². The summed E-state index contributed by atoms with van der Waals surface area (Å²) in [6.07, 6.45) is 0.655. The van der Waals surface area contributed by atoms with Crippen molar-refractivity contribution in [3.05, 3.63) is 40.3 Å². The van der Waals surface area contributed by atoms with E-state index in [4.69, 9.17) is 10.5 Å². The third-order valence-electron chi connectivity index (χ3n) is 3.71. The molecule has 0 radical (unpaired) electrons. The second-order valence-corrected chi connectivity index (χ2v) is 6.44. The molecule has 0 spiro atoms. The molecule has 2 amide bonds. The molecule has 0 aliphatic heterocycles. The topological polar surface area (TPSA) is 97.5 Å². The van der Waals surface area contributed by atoms with Crippen molar-refractivity contribution in [1.82, 2.24) is 9.88 Å². The largest absolute Gasteiger partial charge is 0.484 e. The third kappa shape index (κ3) is 5.53. The molecule has 0 aliphatic carbocycles. The number of likely N-dealkylation sites (N-methyl/N-ethyl adjacent to an activating group) is 1. The van der Waals surface area contributed by atoms with Crippen LogP contribution in [0.1, 0.15) is 29.3 Å². The number of hydrogen-bond donors (Lipinski definition) is 2. The maximum absolute atomic E-state index is 12.3. The van der Waals surface area contributed by atoms with E-state index in [1.165, 1.54) is 11.3 Å². The molecule has 2 rings (SSSR count). The highest BCUT2D eigenvalue weighted by molar-refractivity contribution is 7.09. The van der Waals surface area contributed by atoms with Crippen molar-refractivity contribution in [3.8, 4) is 5.75 Å². The van der Waals surface area contributed by atoms with Crippen molar-refractivity contribution in [2.75, 3.05) is 31.6 Å². The average molecular weight is 376 g/mol.